The van der Waals surface area contributed by atoms with Gasteiger partial charge in [-0.05, 0) is 30.3 Å². The van der Waals surface area contributed by atoms with E-state index in [1.807, 2.05) is 0 Å². The molecular weight excluding hydrogens is 541 g/mol. The van der Waals surface area contributed by atoms with Gasteiger partial charge in [-0.15, -0.1) is 0 Å². The topological polar surface area (TPSA) is 103 Å². The second-order valence-electron chi connectivity index (χ2n) is 9.03. The van der Waals surface area contributed by atoms with Crippen LogP contribution in [0.15, 0.2) is 42.5 Å². The predicted molar refractivity (Wildman–Crippen MR) is 134 cm³/mol. The van der Waals surface area contributed by atoms with E-state index in [9.17, 15) is 26.4 Å². The number of fused-ring (bicyclic) bond motifs is 2. The molecule has 10 nitrogen and oxygen atoms in total. The second-order valence-corrected chi connectivity index (χ2v) is 11.1. The lowest BCUT2D eigenvalue weighted by Gasteiger charge is -2.27. The molecule has 39 heavy (non-hydrogen) atoms. The fourth-order valence-electron chi connectivity index (χ4n) is 4.57. The highest BCUT2D eigenvalue weighted by molar-refractivity contribution is 7.89. The number of anilines is 1. The highest BCUT2D eigenvalue weighted by Gasteiger charge is 2.42. The SMILES string of the molecule is COCCS(=O)(=O)N1CCc2c(c(C(F)(F)F)nn2-c2cccc(C(=O)N(C)c3ccc4c(c3)OCO4)c2)C1. The van der Waals surface area contributed by atoms with Gasteiger partial charge in [0.2, 0.25) is 16.8 Å². The van der Waals surface area contributed by atoms with Crippen LogP contribution in [0, 0.1) is 0 Å². The van der Waals surface area contributed by atoms with Crippen molar-refractivity contribution in [2.24, 2.45) is 0 Å². The molecule has 208 valence electrons. The molecular formula is C25H25F3N4O6S. The first-order valence-corrected chi connectivity index (χ1v) is 13.5. The van der Waals surface area contributed by atoms with E-state index >= 15 is 0 Å². The Morgan fingerprint density at radius 1 is 1.15 bits per heavy atom. The zero-order valence-electron chi connectivity index (χ0n) is 21.1. The summed E-state index contributed by atoms with van der Waals surface area (Å²) in [5.74, 6) is 0.329. The number of methoxy groups -OCH3 is 1. The second kappa shape index (κ2) is 10.2. The first-order valence-electron chi connectivity index (χ1n) is 11.9. The molecule has 2 aliphatic heterocycles. The van der Waals surface area contributed by atoms with Crippen LogP contribution >= 0.6 is 0 Å². The Labute approximate surface area is 222 Å². The molecule has 0 N–H and O–H groups in total. The monoisotopic (exact) mass is 566 g/mol. The number of amides is 1. The molecule has 0 aliphatic carbocycles. The van der Waals surface area contributed by atoms with Crippen LogP contribution in [-0.2, 0) is 33.9 Å². The molecule has 0 atom stereocenters. The third-order valence-electron chi connectivity index (χ3n) is 6.62. The highest BCUT2D eigenvalue weighted by Crippen LogP contribution is 2.38. The van der Waals surface area contributed by atoms with E-state index in [-0.39, 0.29) is 54.6 Å². The fourth-order valence-corrected chi connectivity index (χ4v) is 5.90. The Balaban J connectivity index is 1.47. The summed E-state index contributed by atoms with van der Waals surface area (Å²) in [4.78, 5) is 14.7. The zero-order valence-corrected chi connectivity index (χ0v) is 21.9. The normalized spacial score (nSPS) is 15.3. The molecule has 3 heterocycles. The van der Waals surface area contributed by atoms with Gasteiger partial charge in [-0.3, -0.25) is 4.79 Å². The first-order chi connectivity index (χ1) is 18.5. The quantitative estimate of drug-likeness (QED) is 0.433. The average Bonchev–Trinajstić information content (AvgIpc) is 3.55. The number of nitrogens with zero attached hydrogens (tertiary/aromatic N) is 4. The summed E-state index contributed by atoms with van der Waals surface area (Å²) in [6, 6.07) is 11.2. The molecule has 0 spiro atoms. The molecule has 3 aromatic rings. The van der Waals surface area contributed by atoms with E-state index in [1.165, 1.54) is 18.1 Å². The van der Waals surface area contributed by atoms with E-state index in [4.69, 9.17) is 14.2 Å². The van der Waals surface area contributed by atoms with Crippen molar-refractivity contribution in [3.8, 4) is 17.2 Å². The lowest BCUT2D eigenvalue weighted by Crippen LogP contribution is -2.39. The maximum Gasteiger partial charge on any atom is 0.435 e. The van der Waals surface area contributed by atoms with Gasteiger partial charge in [0.1, 0.15) is 0 Å². The summed E-state index contributed by atoms with van der Waals surface area (Å²) < 4.78 is 84.9. The van der Waals surface area contributed by atoms with Gasteiger partial charge in [0.15, 0.2) is 17.2 Å². The van der Waals surface area contributed by atoms with Crippen LogP contribution in [0.5, 0.6) is 11.5 Å². The number of aromatic nitrogens is 2. The Morgan fingerprint density at radius 3 is 2.67 bits per heavy atom. The van der Waals surface area contributed by atoms with Crippen molar-refractivity contribution in [1.29, 1.82) is 0 Å². The Hall–Kier alpha value is -3.62. The highest BCUT2D eigenvalue weighted by atomic mass is 32.2. The maximum atomic E-state index is 14.0. The summed E-state index contributed by atoms with van der Waals surface area (Å²) in [5, 5.41) is 3.84. The third kappa shape index (κ3) is 5.18. The molecule has 0 saturated heterocycles. The van der Waals surface area contributed by atoms with Crippen molar-refractivity contribution in [3.05, 3.63) is 65.0 Å². The van der Waals surface area contributed by atoms with Gasteiger partial charge in [0.25, 0.3) is 5.91 Å². The maximum absolute atomic E-state index is 14.0. The molecule has 0 unspecified atom stereocenters. The van der Waals surface area contributed by atoms with E-state index in [0.717, 1.165) is 8.99 Å². The largest absolute Gasteiger partial charge is 0.454 e. The van der Waals surface area contributed by atoms with Gasteiger partial charge in [0.05, 0.1) is 23.7 Å². The van der Waals surface area contributed by atoms with Gasteiger partial charge in [-0.1, -0.05) is 6.07 Å². The van der Waals surface area contributed by atoms with Crippen LogP contribution in [0.2, 0.25) is 0 Å². The third-order valence-corrected chi connectivity index (χ3v) is 8.40. The van der Waals surface area contributed by atoms with Crippen LogP contribution in [0.3, 0.4) is 0 Å². The van der Waals surface area contributed by atoms with Crippen molar-refractivity contribution < 1.29 is 40.6 Å². The first kappa shape index (κ1) is 27.0. The molecule has 14 heteroatoms. The Morgan fingerprint density at radius 2 is 1.92 bits per heavy atom. The lowest BCUT2D eigenvalue weighted by molar-refractivity contribution is -0.142. The molecule has 2 aromatic carbocycles. The van der Waals surface area contributed by atoms with Crippen molar-refractivity contribution in [1.82, 2.24) is 14.1 Å². The average molecular weight is 567 g/mol. The summed E-state index contributed by atoms with van der Waals surface area (Å²) >= 11 is 0. The van der Waals surface area contributed by atoms with Crippen molar-refractivity contribution in [2.45, 2.75) is 19.1 Å². The molecule has 0 radical (unpaired) electrons. The molecule has 1 amide bonds. The molecule has 1 aromatic heterocycles. The Kier molecular flexibility index (Phi) is 7.03. The summed E-state index contributed by atoms with van der Waals surface area (Å²) in [6.07, 6.45) is -4.79. The number of rotatable bonds is 7. The van der Waals surface area contributed by atoms with Gasteiger partial charge >= 0.3 is 6.18 Å². The standard InChI is InChI=1S/C25H25F3N4O6S/c1-30(17-6-7-21-22(13-17)38-15-37-21)24(33)16-4-3-5-18(12-16)32-20-8-9-31(39(34,35)11-10-36-2)14-19(20)23(29-32)25(26,27)28/h3-7,12-13H,8-11,14-15H2,1-2H3. The minimum Gasteiger partial charge on any atom is -0.454 e. The van der Waals surface area contributed by atoms with Crippen LogP contribution in [0.4, 0.5) is 18.9 Å². The van der Waals surface area contributed by atoms with E-state index in [2.05, 4.69) is 5.10 Å². The van der Waals surface area contributed by atoms with Crippen LogP contribution < -0.4 is 14.4 Å². The number of sulfonamides is 1. The predicted octanol–water partition coefficient (Wildman–Crippen LogP) is 3.23. The van der Waals surface area contributed by atoms with E-state index in [1.54, 1.807) is 43.4 Å². The number of hydrogen-bond donors (Lipinski definition) is 0. The molecule has 5 rings (SSSR count). The van der Waals surface area contributed by atoms with Crippen LogP contribution in [-0.4, -0.2) is 68.3 Å². The molecule has 0 bridgehead atoms. The van der Waals surface area contributed by atoms with Gasteiger partial charge in [-0.2, -0.15) is 22.6 Å². The smallest absolute Gasteiger partial charge is 0.435 e. The van der Waals surface area contributed by atoms with Crippen LogP contribution in [0.1, 0.15) is 27.3 Å². The Bertz CT molecular complexity index is 1520. The summed E-state index contributed by atoms with van der Waals surface area (Å²) in [6.45, 7) is -0.447. The number of carbonyl (C=O) groups is 1. The van der Waals surface area contributed by atoms with Crippen molar-refractivity contribution in [3.63, 3.8) is 0 Å². The van der Waals surface area contributed by atoms with Crippen LogP contribution in [0.25, 0.3) is 5.69 Å². The number of alkyl halides is 3. The number of halogens is 3. The fraction of sp³-hybridized carbons (Fsp3) is 0.360. The van der Waals surface area contributed by atoms with Crippen molar-refractivity contribution >= 4 is 21.6 Å². The van der Waals surface area contributed by atoms with E-state index < -0.39 is 34.3 Å². The summed E-state index contributed by atoms with van der Waals surface area (Å²) in [7, 11) is -0.906. The zero-order chi connectivity index (χ0) is 27.9. The number of carbonyl (C=O) groups excluding carboxylic acids is 1. The minimum atomic E-state index is -4.80. The molecule has 0 fully saturated rings. The molecule has 2 aliphatic rings. The number of hydrogen-bond acceptors (Lipinski definition) is 7. The van der Waals surface area contributed by atoms with Gasteiger partial charge < -0.3 is 19.1 Å². The summed E-state index contributed by atoms with van der Waals surface area (Å²) in [5.41, 5.74) is -0.0933. The number of benzene rings is 2. The van der Waals surface area contributed by atoms with E-state index in [0.29, 0.717) is 17.2 Å². The lowest BCUT2D eigenvalue weighted by atomic mass is 10.1. The van der Waals surface area contributed by atoms with Gasteiger partial charge in [-0.25, -0.2) is 13.1 Å². The number of ether oxygens (including phenoxy) is 3. The minimum absolute atomic E-state index is 0.00644. The van der Waals surface area contributed by atoms with Gasteiger partial charge in [0, 0.05) is 56.5 Å². The van der Waals surface area contributed by atoms with Crippen molar-refractivity contribution in [2.75, 3.05) is 44.8 Å². The molecule has 0 saturated carbocycles.